The van der Waals surface area contributed by atoms with Gasteiger partial charge in [-0.3, -0.25) is 37.3 Å². The van der Waals surface area contributed by atoms with Crippen molar-refractivity contribution < 1.29 is 80.2 Å². The van der Waals surface area contributed by atoms with Gasteiger partial charge in [0, 0.05) is 19.3 Å². The van der Waals surface area contributed by atoms with Crippen LogP contribution in [0.3, 0.4) is 0 Å². The molecule has 19 heteroatoms. The molecule has 0 amide bonds. The van der Waals surface area contributed by atoms with Crippen molar-refractivity contribution in [2.75, 3.05) is 39.6 Å². The van der Waals surface area contributed by atoms with Gasteiger partial charge >= 0.3 is 39.5 Å². The van der Waals surface area contributed by atoms with Crippen LogP contribution in [0, 0.1) is 0 Å². The fourth-order valence-electron chi connectivity index (χ4n) is 9.09. The Hall–Kier alpha value is -6.36. The minimum atomic E-state index is -5.02. The Morgan fingerprint density at radius 1 is 0.279 bits per heavy atom. The number of rotatable bonds is 69. The van der Waals surface area contributed by atoms with Gasteiger partial charge in [0.15, 0.2) is 12.2 Å². The van der Waals surface area contributed by atoms with Crippen LogP contribution in [-0.4, -0.2) is 96.7 Å². The number of unbranched alkanes of at least 4 members (excludes halogenated alkanes) is 10. The molecule has 0 aliphatic heterocycles. The number of ether oxygens (including phenoxy) is 4. The summed E-state index contributed by atoms with van der Waals surface area (Å²) in [6.07, 6.45) is 92.9. The second-order valence-corrected chi connectivity index (χ2v) is 27.3. The summed E-state index contributed by atoms with van der Waals surface area (Å²) >= 11 is 0. The van der Waals surface area contributed by atoms with Gasteiger partial charge in [-0.25, -0.2) is 9.13 Å². The lowest BCUT2D eigenvalue weighted by molar-refractivity contribution is -0.161. The molecular formula is C85H132O17P2. The fourth-order valence-corrected chi connectivity index (χ4v) is 10.7. The van der Waals surface area contributed by atoms with Crippen molar-refractivity contribution in [2.45, 2.75) is 264 Å². The first kappa shape index (κ1) is 97.6. The van der Waals surface area contributed by atoms with E-state index in [0.29, 0.717) is 32.1 Å². The first-order chi connectivity index (χ1) is 50.7. The molecule has 0 rings (SSSR count). The summed E-state index contributed by atoms with van der Waals surface area (Å²) in [6, 6.07) is 0. The van der Waals surface area contributed by atoms with Crippen LogP contribution in [0.15, 0.2) is 207 Å². The lowest BCUT2D eigenvalue weighted by Crippen LogP contribution is -2.30. The number of phosphoric acid groups is 2. The monoisotopic (exact) mass is 1490 g/mol. The first-order valence-electron chi connectivity index (χ1n) is 38.3. The molecule has 5 unspecified atom stereocenters. The van der Waals surface area contributed by atoms with Crippen LogP contribution in [0.2, 0.25) is 0 Å². The van der Waals surface area contributed by atoms with Crippen LogP contribution in [-0.2, 0) is 65.4 Å². The van der Waals surface area contributed by atoms with E-state index in [-0.39, 0.29) is 25.7 Å². The van der Waals surface area contributed by atoms with E-state index >= 15 is 0 Å². The van der Waals surface area contributed by atoms with Crippen molar-refractivity contribution in [3.8, 4) is 0 Å². The van der Waals surface area contributed by atoms with Gasteiger partial charge in [0.2, 0.25) is 0 Å². The summed E-state index contributed by atoms with van der Waals surface area (Å²) in [5, 5.41) is 10.6. The van der Waals surface area contributed by atoms with Gasteiger partial charge in [0.1, 0.15) is 19.3 Å². The number of phosphoric ester groups is 2. The summed E-state index contributed by atoms with van der Waals surface area (Å²) in [5.74, 6) is -2.46. The number of carbonyl (C=O) groups is 4. The summed E-state index contributed by atoms with van der Waals surface area (Å²) in [7, 11) is -10.0. The SMILES string of the molecule is CC/C=C\C/C=C\C/C=C\C/C=C\C/C=C\CC(=O)OC(COC(=O)CCCCCCCC/C=C\C/C=C\C/C=C\C/C=C\CC)COP(=O)(O)OCC(O)COP(=O)(O)OCC(COC(=O)CCCC/C=C\C/C=C\C/C=C\C/C=C\CC)OC(=O)CCCC/C=C\C/C=C\C/C=C\C/C=C\CC. The predicted octanol–water partition coefficient (Wildman–Crippen LogP) is 22.3. The molecule has 5 atom stereocenters. The van der Waals surface area contributed by atoms with Crippen LogP contribution in [0.5, 0.6) is 0 Å². The van der Waals surface area contributed by atoms with Gasteiger partial charge in [-0.05, 0) is 167 Å². The zero-order valence-electron chi connectivity index (χ0n) is 63.6. The summed E-state index contributed by atoms with van der Waals surface area (Å²) in [4.78, 5) is 72.9. The van der Waals surface area contributed by atoms with Crippen molar-refractivity contribution in [2.24, 2.45) is 0 Å². The van der Waals surface area contributed by atoms with Gasteiger partial charge in [-0.2, -0.15) is 0 Å². The molecule has 0 fully saturated rings. The molecule has 0 aliphatic carbocycles. The molecule has 584 valence electrons. The third-order valence-electron chi connectivity index (χ3n) is 14.8. The highest BCUT2D eigenvalue weighted by atomic mass is 31.2. The smallest absolute Gasteiger partial charge is 0.462 e. The molecule has 104 heavy (non-hydrogen) atoms. The zero-order valence-corrected chi connectivity index (χ0v) is 65.4. The third-order valence-corrected chi connectivity index (χ3v) is 16.7. The van der Waals surface area contributed by atoms with E-state index in [9.17, 15) is 43.2 Å². The molecule has 0 bridgehead atoms. The minimum Gasteiger partial charge on any atom is -0.462 e. The van der Waals surface area contributed by atoms with Gasteiger partial charge in [0.25, 0.3) is 0 Å². The van der Waals surface area contributed by atoms with E-state index in [1.54, 1.807) is 12.2 Å². The second kappa shape index (κ2) is 74.9. The van der Waals surface area contributed by atoms with Gasteiger partial charge in [-0.1, -0.05) is 260 Å². The topological polar surface area (TPSA) is 237 Å². The predicted molar refractivity (Wildman–Crippen MR) is 426 cm³/mol. The van der Waals surface area contributed by atoms with Crippen molar-refractivity contribution in [1.29, 1.82) is 0 Å². The highest BCUT2D eigenvalue weighted by Gasteiger charge is 2.30. The molecule has 0 saturated heterocycles. The molecule has 17 nitrogen and oxygen atoms in total. The Balaban J connectivity index is 5.53. The number of aliphatic hydroxyl groups excluding tert-OH is 1. The van der Waals surface area contributed by atoms with Crippen molar-refractivity contribution in [3.63, 3.8) is 0 Å². The number of allylic oxidation sites excluding steroid dienone is 33. The van der Waals surface area contributed by atoms with Crippen molar-refractivity contribution in [1.82, 2.24) is 0 Å². The van der Waals surface area contributed by atoms with Crippen molar-refractivity contribution >= 4 is 39.5 Å². The van der Waals surface area contributed by atoms with Crippen LogP contribution in [0.4, 0.5) is 0 Å². The van der Waals surface area contributed by atoms with E-state index in [1.165, 1.54) is 0 Å². The van der Waals surface area contributed by atoms with Gasteiger partial charge in [0.05, 0.1) is 32.8 Å². The summed E-state index contributed by atoms with van der Waals surface area (Å²) < 4.78 is 68.3. The van der Waals surface area contributed by atoms with E-state index in [2.05, 4.69) is 204 Å². The molecule has 0 spiro atoms. The van der Waals surface area contributed by atoms with E-state index < -0.39 is 97.5 Å². The van der Waals surface area contributed by atoms with Crippen LogP contribution < -0.4 is 0 Å². The molecule has 0 aromatic heterocycles. The largest absolute Gasteiger partial charge is 0.472 e. The van der Waals surface area contributed by atoms with Gasteiger partial charge in [-0.15, -0.1) is 0 Å². The zero-order chi connectivity index (χ0) is 76.0. The summed E-state index contributed by atoms with van der Waals surface area (Å²) in [6.45, 7) is 4.14. The van der Waals surface area contributed by atoms with Crippen LogP contribution in [0.1, 0.15) is 246 Å². The lowest BCUT2D eigenvalue weighted by atomic mass is 10.1. The highest BCUT2D eigenvalue weighted by molar-refractivity contribution is 7.47. The Labute approximate surface area is 627 Å². The lowest BCUT2D eigenvalue weighted by Gasteiger charge is -2.21. The first-order valence-corrected chi connectivity index (χ1v) is 41.3. The number of hydrogen-bond donors (Lipinski definition) is 3. The molecule has 0 radical (unpaired) electrons. The summed E-state index contributed by atoms with van der Waals surface area (Å²) in [5.41, 5.74) is 0. The maximum absolute atomic E-state index is 13.1. The van der Waals surface area contributed by atoms with Crippen LogP contribution >= 0.6 is 15.6 Å². The fraction of sp³-hybridized carbons (Fsp3) is 0.553. The molecular weight excluding hydrogens is 1350 g/mol. The number of esters is 4. The number of carbonyl (C=O) groups excluding carboxylic acids is 4. The van der Waals surface area contributed by atoms with Crippen LogP contribution in [0.25, 0.3) is 0 Å². The second-order valence-electron chi connectivity index (χ2n) is 24.4. The Kier molecular flexibility index (Phi) is 70.3. The average Bonchev–Trinajstić information content (AvgIpc) is 0.999. The molecule has 0 aliphatic rings. The number of hydrogen-bond acceptors (Lipinski definition) is 15. The Bertz CT molecular complexity index is 2790. The van der Waals surface area contributed by atoms with E-state index in [1.807, 2.05) is 18.2 Å². The number of aliphatic hydroxyl groups is 1. The van der Waals surface area contributed by atoms with E-state index in [0.717, 1.165) is 161 Å². The standard InChI is InChI=1S/C85H132O17P2/c1-5-9-13-17-21-25-29-33-37-38-39-40-44-46-50-54-58-62-66-70-83(88)96-76-81(102-85(90)72-68-64-60-56-52-48-43-36-32-28-24-20-16-12-8-4)78-100-104(93,94)98-74-79(86)73-97-103(91,92)99-77-80(101-84(89)71-67-63-59-55-51-47-42-35-31-27-23-19-15-11-7-3)75-95-82(87)69-65-61-57-53-49-45-41-34-30-26-22-18-14-10-6-2/h9-16,21-28,33-37,39-43,49,51-53,55-56,64,68,79-81,86H,5-8,17-20,29-32,38,44-48,50,54,57-63,65-67,69-78H2,1-4H3,(H,91,92)(H,93,94)/b13-9-,14-10-,15-11-,16-12-,25-21-,26-22-,27-23-,28-24-,37-33-,40-39-,41-34-,42-35-,43-36-,53-49-,55-51-,56-52-,68-64-. The Morgan fingerprint density at radius 2 is 0.510 bits per heavy atom. The van der Waals surface area contributed by atoms with Gasteiger partial charge < -0.3 is 33.8 Å². The van der Waals surface area contributed by atoms with Crippen molar-refractivity contribution in [3.05, 3.63) is 207 Å². The highest BCUT2D eigenvalue weighted by Crippen LogP contribution is 2.45. The minimum absolute atomic E-state index is 0.0219. The molecule has 0 aromatic carbocycles. The van der Waals surface area contributed by atoms with E-state index in [4.69, 9.17) is 37.0 Å². The average molecular weight is 1490 g/mol. The third kappa shape index (κ3) is 73.9. The molecule has 0 aromatic rings. The maximum Gasteiger partial charge on any atom is 0.472 e. The quantitative estimate of drug-likeness (QED) is 0.0169. The Morgan fingerprint density at radius 3 is 0.827 bits per heavy atom. The maximum atomic E-state index is 13.1. The molecule has 0 heterocycles. The normalized spacial score (nSPS) is 15.0. The molecule has 0 saturated carbocycles. The molecule has 3 N–H and O–H groups in total.